The number of alkyl halides is 3. The summed E-state index contributed by atoms with van der Waals surface area (Å²) in [6, 6.07) is 0.977. The lowest BCUT2D eigenvalue weighted by atomic mass is 10.5. The minimum absolute atomic E-state index is 0.122. The van der Waals surface area contributed by atoms with Gasteiger partial charge in [0, 0.05) is 12.7 Å². The Morgan fingerprint density at radius 3 is 2.40 bits per heavy atom. The van der Waals surface area contributed by atoms with E-state index in [1.54, 1.807) is 6.92 Å². The standard InChI is InChI=1S/C10H11Cl2F3N2O2S/c1-2-3-17(6-10(13,14)15)20(18,19)7-4-8(11)9(12)16-5-7/h4-5H,2-3,6H2,1H3. The van der Waals surface area contributed by atoms with Crippen LogP contribution in [0, 0.1) is 0 Å². The Balaban J connectivity index is 3.18. The van der Waals surface area contributed by atoms with E-state index >= 15 is 0 Å². The van der Waals surface area contributed by atoms with E-state index in [0.29, 0.717) is 4.31 Å². The SMILES string of the molecule is CCCN(CC(F)(F)F)S(=O)(=O)c1cnc(Cl)c(Cl)c1. The molecule has 20 heavy (non-hydrogen) atoms. The molecule has 1 rings (SSSR count). The van der Waals surface area contributed by atoms with Gasteiger partial charge in [-0.2, -0.15) is 17.5 Å². The summed E-state index contributed by atoms with van der Waals surface area (Å²) < 4.78 is 62.0. The van der Waals surface area contributed by atoms with Gasteiger partial charge in [0.1, 0.15) is 16.6 Å². The van der Waals surface area contributed by atoms with Crippen molar-refractivity contribution in [3.05, 3.63) is 22.4 Å². The van der Waals surface area contributed by atoms with Gasteiger partial charge in [-0.05, 0) is 12.5 Å². The highest BCUT2D eigenvalue weighted by atomic mass is 35.5. The molecule has 1 heterocycles. The van der Waals surface area contributed by atoms with Crippen LogP contribution in [0.25, 0.3) is 0 Å². The third-order valence-corrected chi connectivity index (χ3v) is 4.73. The summed E-state index contributed by atoms with van der Waals surface area (Å²) in [4.78, 5) is 3.10. The highest BCUT2D eigenvalue weighted by molar-refractivity contribution is 7.89. The number of pyridine rings is 1. The van der Waals surface area contributed by atoms with E-state index in [2.05, 4.69) is 4.98 Å². The number of sulfonamides is 1. The van der Waals surface area contributed by atoms with Gasteiger partial charge in [-0.3, -0.25) is 0 Å². The number of rotatable bonds is 5. The second-order valence-electron chi connectivity index (χ2n) is 3.90. The van der Waals surface area contributed by atoms with Crippen LogP contribution in [0.2, 0.25) is 10.2 Å². The van der Waals surface area contributed by atoms with Gasteiger partial charge in [0.25, 0.3) is 0 Å². The zero-order valence-electron chi connectivity index (χ0n) is 10.3. The molecule has 0 aromatic carbocycles. The number of nitrogens with zero attached hydrogens (tertiary/aromatic N) is 2. The average molecular weight is 351 g/mol. The van der Waals surface area contributed by atoms with Gasteiger partial charge in [0.2, 0.25) is 10.0 Å². The Morgan fingerprint density at radius 1 is 1.35 bits per heavy atom. The van der Waals surface area contributed by atoms with Crippen LogP contribution >= 0.6 is 23.2 Å². The Bertz CT molecular complexity index is 578. The quantitative estimate of drug-likeness (QED) is 0.765. The van der Waals surface area contributed by atoms with Gasteiger partial charge in [0.05, 0.1) is 5.02 Å². The molecular weight excluding hydrogens is 340 g/mol. The van der Waals surface area contributed by atoms with Crippen molar-refractivity contribution in [1.29, 1.82) is 0 Å². The van der Waals surface area contributed by atoms with Crippen LogP contribution in [0.5, 0.6) is 0 Å². The van der Waals surface area contributed by atoms with Crippen molar-refractivity contribution in [2.24, 2.45) is 0 Å². The fourth-order valence-electron chi connectivity index (χ4n) is 1.43. The summed E-state index contributed by atoms with van der Waals surface area (Å²) in [5, 5.41) is -0.264. The van der Waals surface area contributed by atoms with Crippen molar-refractivity contribution >= 4 is 33.2 Å². The van der Waals surface area contributed by atoms with Crippen LogP contribution in [-0.2, 0) is 10.0 Å². The molecule has 0 atom stereocenters. The average Bonchev–Trinajstić information content (AvgIpc) is 2.30. The van der Waals surface area contributed by atoms with Crippen LogP contribution in [0.4, 0.5) is 13.2 Å². The topological polar surface area (TPSA) is 50.3 Å². The molecule has 1 aromatic heterocycles. The molecule has 4 nitrogen and oxygen atoms in total. The first kappa shape index (κ1) is 17.5. The molecule has 0 aliphatic rings. The largest absolute Gasteiger partial charge is 0.402 e. The summed E-state index contributed by atoms with van der Waals surface area (Å²) in [7, 11) is -4.33. The van der Waals surface area contributed by atoms with Gasteiger partial charge < -0.3 is 0 Å². The Labute approximate surface area is 124 Å². The fourth-order valence-corrected chi connectivity index (χ4v) is 3.25. The molecule has 0 radical (unpaired) electrons. The minimum Gasteiger partial charge on any atom is -0.242 e. The summed E-state index contributed by atoms with van der Waals surface area (Å²) in [5.41, 5.74) is 0. The highest BCUT2D eigenvalue weighted by Gasteiger charge is 2.36. The third-order valence-electron chi connectivity index (χ3n) is 2.24. The molecule has 10 heteroatoms. The van der Waals surface area contributed by atoms with Crippen molar-refractivity contribution in [1.82, 2.24) is 9.29 Å². The molecule has 0 bridgehead atoms. The van der Waals surface area contributed by atoms with Crippen LogP contribution in [0.3, 0.4) is 0 Å². The van der Waals surface area contributed by atoms with Crippen LogP contribution in [0.1, 0.15) is 13.3 Å². The lowest BCUT2D eigenvalue weighted by molar-refractivity contribution is -0.136. The molecule has 0 fully saturated rings. The number of halogens is 5. The first-order valence-corrected chi connectivity index (χ1v) is 7.65. The van der Waals surface area contributed by atoms with Crippen LogP contribution in [0.15, 0.2) is 17.2 Å². The van der Waals surface area contributed by atoms with Gasteiger partial charge >= 0.3 is 6.18 Å². The van der Waals surface area contributed by atoms with E-state index in [1.165, 1.54) is 0 Å². The van der Waals surface area contributed by atoms with E-state index < -0.39 is 27.6 Å². The lowest BCUT2D eigenvalue weighted by Gasteiger charge is -2.22. The third kappa shape index (κ3) is 4.47. The second-order valence-corrected chi connectivity index (χ2v) is 6.60. The second kappa shape index (κ2) is 6.46. The van der Waals surface area contributed by atoms with Crippen molar-refractivity contribution < 1.29 is 21.6 Å². The normalized spacial score (nSPS) is 12.9. The molecule has 0 spiro atoms. The van der Waals surface area contributed by atoms with E-state index in [-0.39, 0.29) is 23.1 Å². The van der Waals surface area contributed by atoms with Crippen molar-refractivity contribution in [2.45, 2.75) is 24.4 Å². The van der Waals surface area contributed by atoms with Gasteiger partial charge in [-0.25, -0.2) is 13.4 Å². The molecule has 0 unspecified atom stereocenters. The zero-order chi connectivity index (χ0) is 15.6. The molecule has 0 amide bonds. The number of aromatic nitrogens is 1. The summed E-state index contributed by atoms with van der Waals surface area (Å²) >= 11 is 11.2. The number of hydrogen-bond acceptors (Lipinski definition) is 3. The van der Waals surface area contributed by atoms with E-state index in [1.807, 2.05) is 0 Å². The summed E-state index contributed by atoms with van der Waals surface area (Å²) in [6.45, 7) is -0.252. The van der Waals surface area contributed by atoms with E-state index in [4.69, 9.17) is 23.2 Å². The molecular formula is C10H11Cl2F3N2O2S. The maximum atomic E-state index is 12.4. The van der Waals surface area contributed by atoms with E-state index in [0.717, 1.165) is 12.3 Å². The molecule has 114 valence electrons. The predicted molar refractivity (Wildman–Crippen MR) is 69.4 cm³/mol. The lowest BCUT2D eigenvalue weighted by Crippen LogP contribution is -2.39. The molecule has 1 aromatic rings. The Kier molecular flexibility index (Phi) is 5.65. The van der Waals surface area contributed by atoms with Gasteiger partial charge in [0.15, 0.2) is 0 Å². The van der Waals surface area contributed by atoms with Gasteiger partial charge in [-0.15, -0.1) is 0 Å². The van der Waals surface area contributed by atoms with Crippen molar-refractivity contribution in [2.75, 3.05) is 13.1 Å². The maximum absolute atomic E-state index is 12.4. The van der Waals surface area contributed by atoms with Crippen molar-refractivity contribution in [3.8, 4) is 0 Å². The van der Waals surface area contributed by atoms with Crippen LogP contribution < -0.4 is 0 Å². The molecule has 0 saturated heterocycles. The fraction of sp³-hybridized carbons (Fsp3) is 0.500. The van der Waals surface area contributed by atoms with Crippen molar-refractivity contribution in [3.63, 3.8) is 0 Å². The van der Waals surface area contributed by atoms with Crippen LogP contribution in [-0.4, -0.2) is 37.0 Å². The highest BCUT2D eigenvalue weighted by Crippen LogP contribution is 2.26. The maximum Gasteiger partial charge on any atom is 0.402 e. The zero-order valence-corrected chi connectivity index (χ0v) is 12.6. The first-order valence-electron chi connectivity index (χ1n) is 5.46. The number of hydrogen-bond donors (Lipinski definition) is 0. The predicted octanol–water partition coefficient (Wildman–Crippen LogP) is 3.35. The molecule has 0 aliphatic heterocycles. The smallest absolute Gasteiger partial charge is 0.242 e. The summed E-state index contributed by atoms with van der Waals surface area (Å²) in [5.74, 6) is 0. The first-order chi connectivity index (χ1) is 9.08. The van der Waals surface area contributed by atoms with E-state index in [9.17, 15) is 21.6 Å². The Morgan fingerprint density at radius 2 is 1.95 bits per heavy atom. The molecule has 0 saturated carbocycles. The minimum atomic E-state index is -4.63. The Hall–Kier alpha value is -0.570. The molecule has 0 N–H and O–H groups in total. The summed E-state index contributed by atoms with van der Waals surface area (Å²) in [6.07, 6.45) is -3.52. The molecule has 0 aliphatic carbocycles. The monoisotopic (exact) mass is 350 g/mol. The van der Waals surface area contributed by atoms with Gasteiger partial charge in [-0.1, -0.05) is 30.1 Å².